The third-order valence-corrected chi connectivity index (χ3v) is 1.98. The summed E-state index contributed by atoms with van der Waals surface area (Å²) in [5.74, 6) is -0.362. The molecule has 4 heteroatoms. The maximum absolute atomic E-state index is 11.1. The molecule has 1 aliphatic rings. The van der Waals surface area contributed by atoms with E-state index in [2.05, 4.69) is 9.73 Å². The summed E-state index contributed by atoms with van der Waals surface area (Å²) in [5, 5.41) is 0. The number of carbonyl (C=O) groups is 1. The van der Waals surface area contributed by atoms with Crippen LogP contribution in [0.5, 0.6) is 0 Å². The van der Waals surface area contributed by atoms with Crippen molar-refractivity contribution in [1.82, 2.24) is 0 Å². The average molecular weight is 157 g/mol. The fourth-order valence-electron chi connectivity index (χ4n) is 0.894. The molecule has 0 fully saturated rings. The highest BCUT2D eigenvalue weighted by molar-refractivity contribution is 5.84. The van der Waals surface area contributed by atoms with Crippen molar-refractivity contribution in [3.05, 3.63) is 0 Å². The Kier molecular flexibility index (Phi) is 1.85. The first-order valence-corrected chi connectivity index (χ1v) is 3.39. The molecule has 0 bridgehead atoms. The molecule has 4 nitrogen and oxygen atoms in total. The minimum Gasteiger partial charge on any atom is -0.477 e. The van der Waals surface area contributed by atoms with Crippen molar-refractivity contribution in [1.29, 1.82) is 0 Å². The van der Waals surface area contributed by atoms with Gasteiger partial charge in [0.15, 0.2) is 11.9 Å². The predicted molar refractivity (Wildman–Crippen MR) is 39.5 cm³/mol. The Bertz CT molecular complexity index is 202. The van der Waals surface area contributed by atoms with Crippen molar-refractivity contribution in [2.24, 2.45) is 4.99 Å². The molecule has 0 aliphatic carbocycles. The van der Waals surface area contributed by atoms with E-state index in [1.807, 2.05) is 0 Å². The second kappa shape index (κ2) is 2.53. The Morgan fingerprint density at radius 1 is 1.82 bits per heavy atom. The molecule has 62 valence electrons. The molecule has 0 aromatic heterocycles. The van der Waals surface area contributed by atoms with E-state index in [4.69, 9.17) is 4.74 Å². The number of carbonyl (C=O) groups excluding carboxylic acids is 1. The second-order valence-electron chi connectivity index (χ2n) is 2.65. The number of rotatable bonds is 1. The summed E-state index contributed by atoms with van der Waals surface area (Å²) in [6, 6.07) is 0. The van der Waals surface area contributed by atoms with Gasteiger partial charge in [0.05, 0.1) is 7.11 Å². The highest BCUT2D eigenvalue weighted by Crippen LogP contribution is 2.23. The van der Waals surface area contributed by atoms with Gasteiger partial charge in [-0.1, -0.05) is 0 Å². The van der Waals surface area contributed by atoms with Gasteiger partial charge in [0.25, 0.3) is 0 Å². The molecule has 0 N–H and O–H groups in total. The number of methoxy groups -OCH3 is 1. The Morgan fingerprint density at radius 3 is 2.82 bits per heavy atom. The first-order chi connectivity index (χ1) is 5.11. The summed E-state index contributed by atoms with van der Waals surface area (Å²) < 4.78 is 9.57. The van der Waals surface area contributed by atoms with Gasteiger partial charge in [-0.15, -0.1) is 0 Å². The van der Waals surface area contributed by atoms with E-state index in [0.29, 0.717) is 0 Å². The molecule has 1 heterocycles. The van der Waals surface area contributed by atoms with Crippen LogP contribution in [-0.4, -0.2) is 31.1 Å². The Labute approximate surface area is 65.2 Å². The van der Waals surface area contributed by atoms with E-state index in [9.17, 15) is 4.79 Å². The smallest absolute Gasteiger partial charge is 0.337 e. The van der Waals surface area contributed by atoms with E-state index < -0.39 is 5.54 Å². The van der Waals surface area contributed by atoms with Gasteiger partial charge in [-0.2, -0.15) is 0 Å². The van der Waals surface area contributed by atoms with Crippen LogP contribution in [0.2, 0.25) is 0 Å². The van der Waals surface area contributed by atoms with Crippen LogP contribution in [0, 0.1) is 0 Å². The lowest BCUT2D eigenvalue weighted by molar-refractivity contribution is -0.148. The van der Waals surface area contributed by atoms with Crippen LogP contribution in [-0.2, 0) is 14.3 Å². The van der Waals surface area contributed by atoms with E-state index in [0.717, 1.165) is 0 Å². The van der Waals surface area contributed by atoms with Crippen LogP contribution in [0.3, 0.4) is 0 Å². The molecule has 0 radical (unpaired) electrons. The van der Waals surface area contributed by atoms with Gasteiger partial charge in [0, 0.05) is 0 Å². The van der Waals surface area contributed by atoms with Crippen molar-refractivity contribution in [3.8, 4) is 0 Å². The maximum Gasteiger partial charge on any atom is 0.337 e. The Morgan fingerprint density at radius 2 is 2.45 bits per heavy atom. The quantitative estimate of drug-likeness (QED) is 0.516. The summed E-state index contributed by atoms with van der Waals surface area (Å²) >= 11 is 0. The van der Waals surface area contributed by atoms with Gasteiger partial charge in [-0.25, -0.2) is 9.79 Å². The van der Waals surface area contributed by atoms with E-state index >= 15 is 0 Å². The Balaban J connectivity index is 2.80. The zero-order valence-electron chi connectivity index (χ0n) is 6.83. The molecule has 0 unspecified atom stereocenters. The summed E-state index contributed by atoms with van der Waals surface area (Å²) in [7, 11) is 1.34. The lowest BCUT2D eigenvalue weighted by Crippen LogP contribution is -2.42. The SMILES string of the molecule is COC(=O)[C@@]1(C)N=CO[C@@H]1C. The second-order valence-corrected chi connectivity index (χ2v) is 2.65. The number of aliphatic imine (C=N–C) groups is 1. The molecule has 0 aromatic carbocycles. The number of hydrogen-bond acceptors (Lipinski definition) is 4. The zero-order chi connectivity index (χ0) is 8.48. The molecule has 2 atom stereocenters. The molecule has 0 saturated carbocycles. The molecule has 0 saturated heterocycles. The van der Waals surface area contributed by atoms with Crippen LogP contribution in [0.4, 0.5) is 0 Å². The monoisotopic (exact) mass is 157 g/mol. The summed E-state index contributed by atoms with van der Waals surface area (Å²) in [6.45, 7) is 3.47. The van der Waals surface area contributed by atoms with Gasteiger partial charge < -0.3 is 9.47 Å². The molecule has 0 amide bonds. The van der Waals surface area contributed by atoms with Crippen LogP contribution in [0.1, 0.15) is 13.8 Å². The molecule has 11 heavy (non-hydrogen) atoms. The van der Waals surface area contributed by atoms with Crippen LogP contribution in [0.25, 0.3) is 0 Å². The van der Waals surface area contributed by atoms with Crippen molar-refractivity contribution in [3.63, 3.8) is 0 Å². The number of ether oxygens (including phenoxy) is 2. The number of nitrogens with zero attached hydrogens (tertiary/aromatic N) is 1. The minimum atomic E-state index is -0.852. The molecular formula is C7H11NO3. The Hall–Kier alpha value is -1.06. The van der Waals surface area contributed by atoms with Crippen molar-refractivity contribution in [2.45, 2.75) is 25.5 Å². The third-order valence-electron chi connectivity index (χ3n) is 1.98. The minimum absolute atomic E-state index is 0.241. The van der Waals surface area contributed by atoms with Crippen LogP contribution < -0.4 is 0 Å². The van der Waals surface area contributed by atoms with Gasteiger partial charge >= 0.3 is 5.97 Å². The van der Waals surface area contributed by atoms with E-state index in [1.54, 1.807) is 13.8 Å². The van der Waals surface area contributed by atoms with Gasteiger partial charge in [0.1, 0.15) is 6.10 Å². The largest absolute Gasteiger partial charge is 0.477 e. The summed E-state index contributed by atoms with van der Waals surface area (Å²) in [5.41, 5.74) is -0.852. The standard InChI is InChI=1S/C7H11NO3/c1-5-7(2,6(9)10-3)8-4-11-5/h4-5H,1-3H3/t5-,7+/m1/s1. The molecule has 0 aromatic rings. The average Bonchev–Trinajstić information content (AvgIpc) is 2.32. The number of esters is 1. The fourth-order valence-corrected chi connectivity index (χ4v) is 0.894. The van der Waals surface area contributed by atoms with Gasteiger partial charge in [-0.05, 0) is 13.8 Å². The van der Waals surface area contributed by atoms with Crippen molar-refractivity contribution in [2.75, 3.05) is 7.11 Å². The highest BCUT2D eigenvalue weighted by Gasteiger charge is 2.44. The maximum atomic E-state index is 11.1. The molecule has 1 rings (SSSR count). The topological polar surface area (TPSA) is 47.9 Å². The summed E-state index contributed by atoms with van der Waals surface area (Å²) in [4.78, 5) is 15.0. The van der Waals surface area contributed by atoms with Crippen LogP contribution >= 0.6 is 0 Å². The van der Waals surface area contributed by atoms with Crippen molar-refractivity contribution < 1.29 is 14.3 Å². The first-order valence-electron chi connectivity index (χ1n) is 3.39. The predicted octanol–water partition coefficient (Wildman–Crippen LogP) is 0.365. The molecular weight excluding hydrogens is 146 g/mol. The first kappa shape index (κ1) is 8.04. The highest BCUT2D eigenvalue weighted by atomic mass is 16.5. The normalized spacial score (nSPS) is 35.0. The summed E-state index contributed by atoms with van der Waals surface area (Å²) in [6.07, 6.45) is 1.05. The molecule has 1 aliphatic heterocycles. The van der Waals surface area contributed by atoms with E-state index in [-0.39, 0.29) is 12.1 Å². The third kappa shape index (κ3) is 1.08. The van der Waals surface area contributed by atoms with Crippen LogP contribution in [0.15, 0.2) is 4.99 Å². The van der Waals surface area contributed by atoms with E-state index in [1.165, 1.54) is 13.5 Å². The lowest BCUT2D eigenvalue weighted by atomic mass is 9.98. The zero-order valence-corrected chi connectivity index (χ0v) is 6.83. The lowest BCUT2D eigenvalue weighted by Gasteiger charge is -2.20. The number of hydrogen-bond donors (Lipinski definition) is 0. The molecule has 0 spiro atoms. The van der Waals surface area contributed by atoms with Crippen molar-refractivity contribution >= 4 is 12.4 Å². The fraction of sp³-hybridized carbons (Fsp3) is 0.714. The van der Waals surface area contributed by atoms with Gasteiger partial charge in [-0.3, -0.25) is 0 Å². The van der Waals surface area contributed by atoms with Gasteiger partial charge in [0.2, 0.25) is 0 Å².